The van der Waals surface area contributed by atoms with Gasteiger partial charge in [0.1, 0.15) is 0 Å². The van der Waals surface area contributed by atoms with Crippen molar-refractivity contribution in [3.63, 3.8) is 0 Å². The van der Waals surface area contributed by atoms with E-state index in [1.165, 1.54) is 44.5 Å². The van der Waals surface area contributed by atoms with E-state index in [0.717, 1.165) is 25.9 Å². The summed E-state index contributed by atoms with van der Waals surface area (Å²) in [6, 6.07) is 6.85. The van der Waals surface area contributed by atoms with Crippen molar-refractivity contribution in [3.05, 3.63) is 52.0 Å². The first-order valence-electron chi connectivity index (χ1n) is 9.89. The van der Waals surface area contributed by atoms with E-state index < -0.39 is 0 Å². The van der Waals surface area contributed by atoms with Crippen LogP contribution in [0.4, 0.5) is 0 Å². The van der Waals surface area contributed by atoms with Gasteiger partial charge in [-0.3, -0.25) is 4.68 Å². The molecular formula is C23H26N4S. The highest BCUT2D eigenvalue weighted by Crippen LogP contribution is 2.41. The average molecular weight is 391 g/mol. The molecule has 0 fully saturated rings. The molecule has 0 saturated heterocycles. The summed E-state index contributed by atoms with van der Waals surface area (Å²) in [5.74, 6) is 0. The minimum absolute atomic E-state index is 1.12. The molecule has 0 radical (unpaired) electrons. The summed E-state index contributed by atoms with van der Waals surface area (Å²) in [6.45, 7) is 4.49. The molecule has 0 spiro atoms. The molecular weight excluding hydrogens is 364 g/mol. The van der Waals surface area contributed by atoms with Crippen LogP contribution >= 0.6 is 11.3 Å². The summed E-state index contributed by atoms with van der Waals surface area (Å²) in [7, 11) is 6.50. The van der Waals surface area contributed by atoms with Crippen LogP contribution in [0.3, 0.4) is 0 Å². The fourth-order valence-corrected chi connectivity index (χ4v) is 5.56. The number of likely N-dealkylation sites (N-methyl/N-ethyl adjacent to an activating group) is 1. The Hall–Kier alpha value is -2.37. The van der Waals surface area contributed by atoms with Gasteiger partial charge in [-0.05, 0) is 55.1 Å². The minimum atomic E-state index is 1.12. The Bertz CT molecular complexity index is 1180. The molecule has 5 heteroatoms. The topological polar surface area (TPSA) is 26.0 Å². The normalized spacial score (nSPS) is 15.1. The molecule has 0 bridgehead atoms. The van der Waals surface area contributed by atoms with E-state index in [1.807, 2.05) is 17.9 Å². The third kappa shape index (κ3) is 2.65. The van der Waals surface area contributed by atoms with Gasteiger partial charge in [-0.15, -0.1) is 0 Å². The largest absolute Gasteiger partial charge is 0.347 e. The Kier molecular flexibility index (Phi) is 4.18. The number of hydrogen-bond donors (Lipinski definition) is 0. The van der Waals surface area contributed by atoms with Gasteiger partial charge in [0, 0.05) is 73.0 Å². The Morgan fingerprint density at radius 3 is 2.54 bits per heavy atom. The first-order chi connectivity index (χ1) is 13.5. The van der Waals surface area contributed by atoms with Gasteiger partial charge in [0.2, 0.25) is 0 Å². The van der Waals surface area contributed by atoms with Crippen LogP contribution in [-0.2, 0) is 26.9 Å². The van der Waals surface area contributed by atoms with E-state index in [-0.39, 0.29) is 0 Å². The first kappa shape index (κ1) is 17.7. The molecule has 0 amide bonds. The molecule has 5 rings (SSSR count). The summed E-state index contributed by atoms with van der Waals surface area (Å²) < 4.78 is 4.43. The quantitative estimate of drug-likeness (QED) is 0.498. The van der Waals surface area contributed by atoms with Gasteiger partial charge < -0.3 is 9.47 Å². The zero-order chi connectivity index (χ0) is 19.4. The number of rotatable bonds is 2. The van der Waals surface area contributed by atoms with Crippen molar-refractivity contribution in [2.45, 2.75) is 19.8 Å². The summed E-state index contributed by atoms with van der Waals surface area (Å²) in [4.78, 5) is 2.45. The van der Waals surface area contributed by atoms with Gasteiger partial charge in [0.05, 0.1) is 11.2 Å². The van der Waals surface area contributed by atoms with Crippen LogP contribution in [0.1, 0.15) is 16.8 Å². The molecule has 0 unspecified atom stereocenters. The van der Waals surface area contributed by atoms with Crippen molar-refractivity contribution in [2.75, 3.05) is 20.1 Å². The number of aromatic nitrogens is 3. The number of thiophene rings is 1. The van der Waals surface area contributed by atoms with Crippen molar-refractivity contribution < 1.29 is 0 Å². The Morgan fingerprint density at radius 2 is 1.75 bits per heavy atom. The lowest BCUT2D eigenvalue weighted by atomic mass is 9.96. The van der Waals surface area contributed by atoms with Crippen molar-refractivity contribution in [1.82, 2.24) is 19.2 Å². The lowest BCUT2D eigenvalue weighted by Crippen LogP contribution is -2.21. The van der Waals surface area contributed by atoms with E-state index in [2.05, 4.69) is 64.5 Å². The van der Waals surface area contributed by atoms with Crippen LogP contribution in [0.15, 0.2) is 35.2 Å². The van der Waals surface area contributed by atoms with Gasteiger partial charge in [-0.2, -0.15) is 16.4 Å². The van der Waals surface area contributed by atoms with Crippen molar-refractivity contribution in [1.29, 1.82) is 0 Å². The second kappa shape index (κ2) is 6.61. The number of nitrogens with zero attached hydrogens (tertiary/aromatic N) is 4. The zero-order valence-electron chi connectivity index (χ0n) is 17.0. The van der Waals surface area contributed by atoms with Crippen molar-refractivity contribution in [2.24, 2.45) is 14.1 Å². The Labute approximate surface area is 170 Å². The Balaban J connectivity index is 1.78. The lowest BCUT2D eigenvalue weighted by molar-refractivity contribution is 0.351. The van der Waals surface area contributed by atoms with Gasteiger partial charge in [-0.1, -0.05) is 0 Å². The molecule has 1 aliphatic rings. The highest BCUT2D eigenvalue weighted by atomic mass is 32.1. The molecule has 0 N–H and O–H groups in total. The van der Waals surface area contributed by atoms with E-state index in [1.54, 1.807) is 16.9 Å². The van der Waals surface area contributed by atoms with Crippen molar-refractivity contribution >= 4 is 22.2 Å². The van der Waals surface area contributed by atoms with Crippen LogP contribution in [0.25, 0.3) is 33.3 Å². The van der Waals surface area contributed by atoms with Gasteiger partial charge >= 0.3 is 0 Å². The average Bonchev–Trinajstić information content (AvgIpc) is 3.32. The smallest absolute Gasteiger partial charge is 0.0693 e. The molecule has 1 aliphatic heterocycles. The highest BCUT2D eigenvalue weighted by molar-refractivity contribution is 7.08. The summed E-state index contributed by atoms with van der Waals surface area (Å²) in [5.41, 5.74) is 10.9. The molecule has 0 saturated carbocycles. The molecule has 144 valence electrons. The zero-order valence-corrected chi connectivity index (χ0v) is 17.8. The van der Waals surface area contributed by atoms with Gasteiger partial charge in [-0.25, -0.2) is 0 Å². The van der Waals surface area contributed by atoms with Crippen LogP contribution in [0, 0.1) is 6.92 Å². The molecule has 1 aromatic carbocycles. The standard InChI is InChI=1S/C23H26N4S/c1-15-11-17-16-6-9-25(2)10-7-21(16)26(3)23(17)18(12-15)19-13-28-14-20(19)22-5-8-24-27(22)4/h5,8,11-14H,6-7,9-10H2,1-4H3. The van der Waals surface area contributed by atoms with Gasteiger partial charge in [0.15, 0.2) is 0 Å². The molecule has 0 aliphatic carbocycles. The van der Waals surface area contributed by atoms with Crippen LogP contribution in [0.2, 0.25) is 0 Å². The second-order valence-electron chi connectivity index (χ2n) is 8.04. The predicted molar refractivity (Wildman–Crippen MR) is 118 cm³/mol. The number of benzene rings is 1. The molecule has 3 aromatic heterocycles. The third-order valence-electron chi connectivity index (χ3n) is 6.19. The molecule has 4 heterocycles. The summed E-state index contributed by atoms with van der Waals surface area (Å²) in [6.07, 6.45) is 4.13. The fourth-order valence-electron chi connectivity index (χ4n) is 4.72. The fraction of sp³-hybridized carbons (Fsp3) is 0.348. The number of aryl methyl sites for hydroxylation is 3. The third-order valence-corrected chi connectivity index (χ3v) is 6.93. The van der Waals surface area contributed by atoms with E-state index in [0.29, 0.717) is 0 Å². The molecule has 0 atom stereocenters. The second-order valence-corrected chi connectivity index (χ2v) is 8.78. The first-order valence-corrected chi connectivity index (χ1v) is 10.8. The van der Waals surface area contributed by atoms with E-state index in [9.17, 15) is 0 Å². The van der Waals surface area contributed by atoms with Crippen LogP contribution in [-0.4, -0.2) is 39.4 Å². The molecule has 28 heavy (non-hydrogen) atoms. The minimum Gasteiger partial charge on any atom is -0.347 e. The van der Waals surface area contributed by atoms with Crippen LogP contribution < -0.4 is 0 Å². The van der Waals surface area contributed by atoms with E-state index in [4.69, 9.17) is 0 Å². The lowest BCUT2D eigenvalue weighted by Gasteiger charge is -2.14. The molecule has 4 aromatic rings. The Morgan fingerprint density at radius 1 is 0.964 bits per heavy atom. The highest BCUT2D eigenvalue weighted by Gasteiger charge is 2.23. The maximum Gasteiger partial charge on any atom is 0.0693 e. The summed E-state index contributed by atoms with van der Waals surface area (Å²) >= 11 is 1.77. The SMILES string of the molecule is Cc1cc(-c2cscc2-c2ccnn2C)c2c(c1)c1c(n2C)CCN(C)CC1. The summed E-state index contributed by atoms with van der Waals surface area (Å²) in [5, 5.41) is 10.4. The number of hydrogen-bond acceptors (Lipinski definition) is 3. The number of fused-ring (bicyclic) bond motifs is 3. The predicted octanol–water partition coefficient (Wildman–Crippen LogP) is 4.65. The maximum absolute atomic E-state index is 4.39. The van der Waals surface area contributed by atoms with Crippen molar-refractivity contribution in [3.8, 4) is 22.4 Å². The maximum atomic E-state index is 4.39. The van der Waals surface area contributed by atoms with Gasteiger partial charge in [0.25, 0.3) is 0 Å². The molecule has 4 nitrogen and oxygen atoms in total. The van der Waals surface area contributed by atoms with E-state index >= 15 is 0 Å². The van der Waals surface area contributed by atoms with Crippen LogP contribution in [0.5, 0.6) is 0 Å². The monoisotopic (exact) mass is 390 g/mol.